The summed E-state index contributed by atoms with van der Waals surface area (Å²) in [6.07, 6.45) is 10.9. The molecule has 0 radical (unpaired) electrons. The van der Waals surface area contributed by atoms with Crippen LogP contribution in [0.25, 0.3) is 11.1 Å². The van der Waals surface area contributed by atoms with Crippen molar-refractivity contribution in [1.82, 2.24) is 15.2 Å². The molecule has 156 valence electrons. The number of oxazole rings is 1. The van der Waals surface area contributed by atoms with Crippen LogP contribution in [0.1, 0.15) is 63.4 Å². The van der Waals surface area contributed by atoms with Crippen molar-refractivity contribution in [3.63, 3.8) is 0 Å². The summed E-state index contributed by atoms with van der Waals surface area (Å²) in [5, 5.41) is 3.34. The molecule has 1 aliphatic heterocycles. The second-order valence-electron chi connectivity index (χ2n) is 9.23. The number of nitrogens with zero attached hydrogens (tertiary/aromatic N) is 1. The van der Waals surface area contributed by atoms with Gasteiger partial charge < -0.3 is 9.73 Å². The Hall–Kier alpha value is -2.08. The highest BCUT2D eigenvalue weighted by Crippen LogP contribution is 2.49. The number of hydrogen-bond donors (Lipinski definition) is 2. The van der Waals surface area contributed by atoms with E-state index >= 15 is 0 Å². The normalized spacial score (nSPS) is 23.3. The minimum atomic E-state index is -0.451. The van der Waals surface area contributed by atoms with E-state index in [1.807, 2.05) is 12.1 Å². The predicted molar refractivity (Wildman–Crippen MR) is 112 cm³/mol. The topological polar surface area (TPSA) is 78.3 Å². The van der Waals surface area contributed by atoms with Crippen molar-refractivity contribution in [2.75, 3.05) is 19.6 Å². The fourth-order valence-electron chi connectivity index (χ4n) is 5.57. The van der Waals surface area contributed by atoms with Crippen molar-refractivity contribution in [3.05, 3.63) is 34.3 Å². The maximum absolute atomic E-state index is 13.2. The van der Waals surface area contributed by atoms with Gasteiger partial charge in [-0.05, 0) is 75.2 Å². The average Bonchev–Trinajstić information content (AvgIpc) is 3.20. The quantitative estimate of drug-likeness (QED) is 0.784. The van der Waals surface area contributed by atoms with Gasteiger partial charge in [0.15, 0.2) is 5.58 Å². The first-order chi connectivity index (χ1) is 14.2. The Balaban J connectivity index is 1.30. The number of aromatic nitrogens is 1. The van der Waals surface area contributed by atoms with E-state index in [-0.39, 0.29) is 5.91 Å². The molecule has 1 saturated heterocycles. The van der Waals surface area contributed by atoms with Crippen molar-refractivity contribution >= 4 is 17.0 Å². The summed E-state index contributed by atoms with van der Waals surface area (Å²) >= 11 is 0. The van der Waals surface area contributed by atoms with E-state index in [0.717, 1.165) is 24.9 Å². The Morgan fingerprint density at radius 1 is 1.17 bits per heavy atom. The van der Waals surface area contributed by atoms with Crippen LogP contribution < -0.4 is 11.1 Å². The third-order valence-electron chi connectivity index (χ3n) is 7.43. The Morgan fingerprint density at radius 2 is 1.93 bits per heavy atom. The highest BCUT2D eigenvalue weighted by atomic mass is 16.4. The highest BCUT2D eigenvalue weighted by molar-refractivity contribution is 5.92. The molecule has 3 aliphatic rings. The monoisotopic (exact) mass is 397 g/mol. The Bertz CT molecular complexity index is 930. The number of carbonyl (C=O) groups is 1. The highest BCUT2D eigenvalue weighted by Gasteiger charge is 2.51. The molecule has 5 rings (SSSR count). The molecular formula is C23H31N3O3. The molecule has 2 aliphatic carbocycles. The van der Waals surface area contributed by atoms with Crippen LogP contribution in [0.4, 0.5) is 0 Å². The molecule has 2 aromatic rings. The van der Waals surface area contributed by atoms with Crippen molar-refractivity contribution in [3.8, 4) is 0 Å². The molecule has 0 spiro atoms. The lowest BCUT2D eigenvalue weighted by molar-refractivity contribution is -0.124. The average molecular weight is 398 g/mol. The van der Waals surface area contributed by atoms with Gasteiger partial charge in [0.05, 0.1) is 10.9 Å². The lowest BCUT2D eigenvalue weighted by atomic mass is 9.83. The van der Waals surface area contributed by atoms with Gasteiger partial charge in [-0.3, -0.25) is 14.7 Å². The van der Waals surface area contributed by atoms with Crippen molar-refractivity contribution < 1.29 is 9.21 Å². The number of carbonyl (C=O) groups excluding carboxylic acids is 1. The van der Waals surface area contributed by atoms with E-state index in [0.29, 0.717) is 23.1 Å². The van der Waals surface area contributed by atoms with Crippen LogP contribution in [-0.2, 0) is 10.2 Å². The molecule has 6 nitrogen and oxygen atoms in total. The smallest absolute Gasteiger partial charge is 0.408 e. The van der Waals surface area contributed by atoms with Gasteiger partial charge in [0.25, 0.3) is 0 Å². The minimum Gasteiger partial charge on any atom is -0.408 e. The lowest BCUT2D eigenvalue weighted by Crippen LogP contribution is -2.49. The van der Waals surface area contributed by atoms with Crippen LogP contribution in [-0.4, -0.2) is 41.5 Å². The number of aromatic amines is 1. The molecule has 0 bridgehead atoms. The van der Waals surface area contributed by atoms with Gasteiger partial charge in [-0.15, -0.1) is 0 Å². The van der Waals surface area contributed by atoms with Crippen LogP contribution >= 0.6 is 0 Å². The number of benzene rings is 1. The molecule has 1 unspecified atom stereocenters. The summed E-state index contributed by atoms with van der Waals surface area (Å²) < 4.78 is 5.10. The van der Waals surface area contributed by atoms with Crippen LogP contribution in [0.3, 0.4) is 0 Å². The summed E-state index contributed by atoms with van der Waals surface area (Å²) in [6, 6.07) is 6.12. The van der Waals surface area contributed by atoms with Crippen LogP contribution in [0.5, 0.6) is 0 Å². The summed E-state index contributed by atoms with van der Waals surface area (Å²) in [7, 11) is 0. The number of fused-ring (bicyclic) bond motifs is 1. The Kier molecular flexibility index (Phi) is 4.98. The molecule has 1 atom stereocenters. The van der Waals surface area contributed by atoms with Crippen LogP contribution in [0.2, 0.25) is 0 Å². The zero-order valence-electron chi connectivity index (χ0n) is 17.0. The van der Waals surface area contributed by atoms with Crippen LogP contribution in [0, 0.1) is 5.92 Å². The summed E-state index contributed by atoms with van der Waals surface area (Å²) in [6.45, 7) is 3.11. The van der Waals surface area contributed by atoms with E-state index in [4.69, 9.17) is 4.42 Å². The summed E-state index contributed by atoms with van der Waals surface area (Å²) in [4.78, 5) is 30.0. The maximum Gasteiger partial charge on any atom is 0.417 e. The zero-order chi connectivity index (χ0) is 19.8. The molecule has 1 amide bonds. The zero-order valence-corrected chi connectivity index (χ0v) is 17.0. The second kappa shape index (κ2) is 7.63. The van der Waals surface area contributed by atoms with Gasteiger partial charge >= 0.3 is 5.76 Å². The third kappa shape index (κ3) is 3.63. The molecule has 3 fully saturated rings. The van der Waals surface area contributed by atoms with E-state index < -0.39 is 11.2 Å². The Labute approximate surface area is 171 Å². The molecule has 1 aromatic carbocycles. The molecule has 1 aromatic heterocycles. The van der Waals surface area contributed by atoms with Gasteiger partial charge in [0, 0.05) is 12.6 Å². The first-order valence-electron chi connectivity index (χ1n) is 11.3. The SMILES string of the molecule is O=C(NCC(C1CCCCC1)N1CCCC1)C1(c2ccc3oc(=O)[nH]c3c2)CC1. The summed E-state index contributed by atoms with van der Waals surface area (Å²) in [5.74, 6) is 0.403. The fourth-order valence-corrected chi connectivity index (χ4v) is 5.57. The van der Waals surface area contributed by atoms with Gasteiger partial charge in [0.1, 0.15) is 0 Å². The maximum atomic E-state index is 13.2. The van der Waals surface area contributed by atoms with Crippen molar-refractivity contribution in [2.45, 2.75) is 69.2 Å². The van der Waals surface area contributed by atoms with E-state index in [1.165, 1.54) is 58.0 Å². The fraction of sp³-hybridized carbons (Fsp3) is 0.652. The largest absolute Gasteiger partial charge is 0.417 e. The third-order valence-corrected chi connectivity index (χ3v) is 7.43. The second-order valence-corrected chi connectivity index (χ2v) is 9.23. The van der Waals surface area contributed by atoms with Gasteiger partial charge in [-0.25, -0.2) is 4.79 Å². The number of amides is 1. The van der Waals surface area contributed by atoms with E-state index in [2.05, 4.69) is 15.2 Å². The first-order valence-corrected chi connectivity index (χ1v) is 11.3. The molecule has 2 N–H and O–H groups in total. The predicted octanol–water partition coefficient (Wildman–Crippen LogP) is 3.31. The number of hydrogen-bond acceptors (Lipinski definition) is 4. The molecule has 6 heteroatoms. The van der Waals surface area contributed by atoms with Crippen molar-refractivity contribution in [2.24, 2.45) is 5.92 Å². The molecule has 29 heavy (non-hydrogen) atoms. The number of nitrogens with one attached hydrogen (secondary N) is 2. The lowest BCUT2D eigenvalue weighted by Gasteiger charge is -2.37. The van der Waals surface area contributed by atoms with E-state index in [9.17, 15) is 9.59 Å². The first kappa shape index (κ1) is 18.9. The van der Waals surface area contributed by atoms with Gasteiger partial charge in [-0.2, -0.15) is 0 Å². The standard InChI is InChI=1S/C23H31N3O3/c27-21(23(10-11-23)17-8-9-20-18(14-17)25-22(28)29-20)24-15-19(26-12-4-5-13-26)16-6-2-1-3-7-16/h8-9,14,16,19H,1-7,10-13,15H2,(H,24,27)(H,25,28). The van der Waals surface area contributed by atoms with Crippen LogP contribution in [0.15, 0.2) is 27.4 Å². The van der Waals surface area contributed by atoms with Gasteiger partial charge in [0.2, 0.25) is 5.91 Å². The number of rotatable bonds is 6. The molecular weight excluding hydrogens is 366 g/mol. The number of likely N-dealkylation sites (tertiary alicyclic amines) is 1. The number of H-pyrrole nitrogens is 1. The molecule has 2 heterocycles. The van der Waals surface area contributed by atoms with Gasteiger partial charge in [-0.1, -0.05) is 25.3 Å². The Morgan fingerprint density at radius 3 is 2.66 bits per heavy atom. The minimum absolute atomic E-state index is 0.141. The van der Waals surface area contributed by atoms with Crippen molar-refractivity contribution in [1.29, 1.82) is 0 Å². The summed E-state index contributed by atoms with van der Waals surface area (Å²) in [5.41, 5.74) is 1.75. The van der Waals surface area contributed by atoms with E-state index in [1.54, 1.807) is 6.07 Å². The molecule has 2 saturated carbocycles.